The van der Waals surface area contributed by atoms with E-state index in [1.54, 1.807) is 25.1 Å². The quantitative estimate of drug-likeness (QED) is 0.625. The van der Waals surface area contributed by atoms with Gasteiger partial charge in [0.05, 0.1) is 24.7 Å². The number of H-pyrrole nitrogens is 1. The number of hydrogen-bond acceptors (Lipinski definition) is 4. The van der Waals surface area contributed by atoms with Gasteiger partial charge in [-0.1, -0.05) is 13.8 Å². The molecule has 1 aromatic heterocycles. The highest BCUT2D eigenvalue weighted by Crippen LogP contribution is 2.65. The number of methoxy groups -OCH3 is 1. The second kappa shape index (κ2) is 8.57. The zero-order valence-corrected chi connectivity index (χ0v) is 22.1. The Morgan fingerprint density at radius 3 is 2.81 bits per heavy atom. The molecule has 0 spiro atoms. The minimum absolute atomic E-state index is 0.0312. The summed E-state index contributed by atoms with van der Waals surface area (Å²) >= 11 is 0. The molecule has 2 N–H and O–H groups in total. The van der Waals surface area contributed by atoms with Crippen molar-refractivity contribution < 1.29 is 18.7 Å². The predicted molar refractivity (Wildman–Crippen MR) is 138 cm³/mol. The number of hydrogen-bond donors (Lipinski definition) is 2. The fourth-order valence-electron chi connectivity index (χ4n) is 8.81. The molecule has 6 rings (SSSR count). The number of halogens is 1. The molecule has 37 heavy (non-hydrogen) atoms. The van der Waals surface area contributed by atoms with Crippen LogP contribution in [-0.4, -0.2) is 46.9 Å². The second-order valence-electron chi connectivity index (χ2n) is 12.2. The van der Waals surface area contributed by atoms with Gasteiger partial charge in [0.1, 0.15) is 11.6 Å². The summed E-state index contributed by atoms with van der Waals surface area (Å²) in [6, 6.07) is 5.75. The summed E-state index contributed by atoms with van der Waals surface area (Å²) in [5.41, 5.74) is 1.33. The number of aromatic nitrogens is 2. The van der Waals surface area contributed by atoms with Crippen molar-refractivity contribution in [2.24, 2.45) is 34.5 Å². The van der Waals surface area contributed by atoms with E-state index in [2.05, 4.69) is 29.1 Å². The van der Waals surface area contributed by atoms with Crippen molar-refractivity contribution in [3.8, 4) is 5.75 Å². The molecule has 7 nitrogen and oxygen atoms in total. The maximum absolute atomic E-state index is 14.6. The minimum atomic E-state index is -0.608. The van der Waals surface area contributed by atoms with Crippen LogP contribution in [0.5, 0.6) is 5.75 Å². The second-order valence-corrected chi connectivity index (χ2v) is 12.2. The molecule has 2 amide bonds. The van der Waals surface area contributed by atoms with Crippen LogP contribution in [0, 0.1) is 34.5 Å². The van der Waals surface area contributed by atoms with Crippen LogP contribution in [0.1, 0.15) is 58.2 Å². The molecule has 1 aliphatic heterocycles. The lowest BCUT2D eigenvalue weighted by atomic mass is 9.47. The third-order valence-electron chi connectivity index (χ3n) is 10.6. The Labute approximate surface area is 217 Å². The number of rotatable bonds is 4. The maximum Gasteiger partial charge on any atom is 0.282 e. The lowest BCUT2D eigenvalue weighted by Crippen LogP contribution is -2.60. The number of nitrogens with one attached hydrogen (secondary N) is 2. The molecule has 198 valence electrons. The maximum atomic E-state index is 14.6. The number of carbonyl (C=O) groups excluding carboxylic acids is 2. The van der Waals surface area contributed by atoms with Crippen LogP contribution in [0.25, 0.3) is 11.0 Å². The normalized spacial score (nSPS) is 37.0. The smallest absolute Gasteiger partial charge is 0.282 e. The molecule has 0 bridgehead atoms. The summed E-state index contributed by atoms with van der Waals surface area (Å²) in [7, 11) is 3.39. The first-order valence-corrected chi connectivity index (χ1v) is 13.6. The fraction of sp³-hybridized carbons (Fsp3) is 0.621. The average Bonchev–Trinajstić information content (AvgIpc) is 3.45. The summed E-state index contributed by atoms with van der Waals surface area (Å²) in [6.45, 7) is 4.82. The van der Waals surface area contributed by atoms with E-state index in [0.717, 1.165) is 61.1 Å². The molecule has 2 unspecified atom stereocenters. The molecule has 3 fully saturated rings. The van der Waals surface area contributed by atoms with Crippen molar-refractivity contribution in [2.75, 3.05) is 14.2 Å². The molecular weight excluding hydrogens is 471 g/mol. The minimum Gasteiger partial charge on any atom is -0.497 e. The van der Waals surface area contributed by atoms with Gasteiger partial charge in [-0.25, -0.2) is 9.37 Å². The highest BCUT2D eigenvalue weighted by Gasteiger charge is 2.62. The Balaban J connectivity index is 1.17. The monoisotopic (exact) mass is 508 g/mol. The predicted octanol–water partition coefficient (Wildman–Crippen LogP) is 4.74. The molecule has 2 aromatic rings. The van der Waals surface area contributed by atoms with Crippen molar-refractivity contribution in [2.45, 2.75) is 65.0 Å². The van der Waals surface area contributed by atoms with Gasteiger partial charge in [-0.3, -0.25) is 9.59 Å². The fourth-order valence-corrected chi connectivity index (χ4v) is 8.81. The Hall–Kier alpha value is -2.90. The molecule has 3 saturated carbocycles. The van der Waals surface area contributed by atoms with Gasteiger partial charge < -0.3 is 19.9 Å². The SMILES string of the molecule is COc1ccc2nc(CNC(=O)[C@H]3CC[C@H]4C5CC[C@H]6N(C)C(=O)C(F)=C[C@]6(C)C5CC[C@]34C)[nH]c2c1. The van der Waals surface area contributed by atoms with Crippen molar-refractivity contribution in [3.05, 3.63) is 35.9 Å². The van der Waals surface area contributed by atoms with Gasteiger partial charge in [-0.05, 0) is 79.9 Å². The van der Waals surface area contributed by atoms with Crippen molar-refractivity contribution in [3.63, 3.8) is 0 Å². The van der Waals surface area contributed by atoms with Gasteiger partial charge in [-0.15, -0.1) is 0 Å². The molecule has 3 aliphatic carbocycles. The Kier molecular flexibility index (Phi) is 5.66. The van der Waals surface area contributed by atoms with Crippen molar-refractivity contribution in [1.82, 2.24) is 20.2 Å². The number of nitrogens with zero attached hydrogens (tertiary/aromatic N) is 2. The number of imidazole rings is 1. The summed E-state index contributed by atoms with van der Waals surface area (Å²) < 4.78 is 19.9. The van der Waals surface area contributed by atoms with Crippen LogP contribution in [0.15, 0.2) is 30.1 Å². The number of benzene rings is 1. The summed E-state index contributed by atoms with van der Waals surface area (Å²) in [4.78, 5) is 35.3. The number of amides is 2. The Morgan fingerprint density at radius 2 is 2.03 bits per heavy atom. The topological polar surface area (TPSA) is 87.3 Å². The molecule has 0 radical (unpaired) electrons. The van der Waals surface area contributed by atoms with Crippen molar-refractivity contribution >= 4 is 22.8 Å². The van der Waals surface area contributed by atoms with Crippen LogP contribution < -0.4 is 10.1 Å². The number of aromatic amines is 1. The molecule has 2 heterocycles. The van der Waals surface area contributed by atoms with Crippen LogP contribution in [0.4, 0.5) is 4.39 Å². The van der Waals surface area contributed by atoms with Crippen LogP contribution in [0.3, 0.4) is 0 Å². The van der Waals surface area contributed by atoms with E-state index in [1.807, 2.05) is 18.2 Å². The van der Waals surface area contributed by atoms with Gasteiger partial charge >= 0.3 is 0 Å². The van der Waals surface area contributed by atoms with Gasteiger partial charge in [0, 0.05) is 30.5 Å². The number of carbonyl (C=O) groups is 2. The van der Waals surface area contributed by atoms with Gasteiger partial charge in [0.2, 0.25) is 5.91 Å². The van der Waals surface area contributed by atoms with E-state index >= 15 is 0 Å². The summed E-state index contributed by atoms with van der Waals surface area (Å²) in [5, 5.41) is 3.16. The average molecular weight is 509 g/mol. The standard InChI is InChI=1S/C29H37FN4O3/c1-28-12-11-19-17(6-10-24-29(19,2)14-21(30)27(36)34(24)3)18(28)7-8-20(28)26(35)31-15-25-32-22-9-5-16(37-4)13-23(22)33-25/h5,9,13-14,17-20,24H,6-8,10-12,15H2,1-4H3,(H,31,35)(H,32,33)/t17?,18-,19?,20+,24+,28-,29+/m0/s1. The summed E-state index contributed by atoms with van der Waals surface area (Å²) in [5.74, 6) is 1.71. The number of ether oxygens (including phenoxy) is 1. The first kappa shape index (κ1) is 24.4. The van der Waals surface area contributed by atoms with Crippen LogP contribution >= 0.6 is 0 Å². The van der Waals surface area contributed by atoms with E-state index in [9.17, 15) is 14.0 Å². The first-order chi connectivity index (χ1) is 17.7. The zero-order chi connectivity index (χ0) is 26.1. The third-order valence-corrected chi connectivity index (χ3v) is 10.6. The lowest BCUT2D eigenvalue weighted by Gasteiger charge is -2.60. The molecule has 0 saturated heterocycles. The van der Waals surface area contributed by atoms with Crippen molar-refractivity contribution in [1.29, 1.82) is 0 Å². The first-order valence-electron chi connectivity index (χ1n) is 13.6. The number of likely N-dealkylation sites (N-methyl/N-ethyl adjacent to an activating group) is 1. The van der Waals surface area contributed by atoms with Gasteiger partial charge in [-0.2, -0.15) is 0 Å². The molecule has 1 aromatic carbocycles. The zero-order valence-electron chi connectivity index (χ0n) is 22.1. The Morgan fingerprint density at radius 1 is 1.22 bits per heavy atom. The largest absolute Gasteiger partial charge is 0.497 e. The summed E-state index contributed by atoms with van der Waals surface area (Å²) in [6.07, 6.45) is 7.40. The Bertz CT molecular complexity index is 1290. The molecule has 4 aliphatic rings. The third kappa shape index (κ3) is 3.62. The van der Waals surface area contributed by atoms with E-state index in [-0.39, 0.29) is 28.7 Å². The number of fused-ring (bicyclic) bond motifs is 6. The lowest BCUT2D eigenvalue weighted by molar-refractivity contribution is -0.145. The molecule has 8 heteroatoms. The molecule has 7 atom stereocenters. The highest BCUT2D eigenvalue weighted by molar-refractivity contribution is 5.92. The van der Waals surface area contributed by atoms with Gasteiger partial charge in [0.25, 0.3) is 5.91 Å². The highest BCUT2D eigenvalue weighted by atomic mass is 19.1. The van der Waals surface area contributed by atoms with Crippen LogP contribution in [0.2, 0.25) is 0 Å². The van der Waals surface area contributed by atoms with Gasteiger partial charge in [0.15, 0.2) is 5.83 Å². The van der Waals surface area contributed by atoms with Crippen LogP contribution in [-0.2, 0) is 16.1 Å². The molecular formula is C29H37FN4O3. The van der Waals surface area contributed by atoms with E-state index in [1.165, 1.54) is 0 Å². The van der Waals surface area contributed by atoms with E-state index in [0.29, 0.717) is 24.3 Å². The van der Waals surface area contributed by atoms with E-state index in [4.69, 9.17) is 4.74 Å². The van der Waals surface area contributed by atoms with E-state index < -0.39 is 11.7 Å².